The Morgan fingerprint density at radius 1 is 1.20 bits per heavy atom. The highest BCUT2D eigenvalue weighted by Crippen LogP contribution is 2.37. The summed E-state index contributed by atoms with van der Waals surface area (Å²) in [4.78, 5) is 22.7. The van der Waals surface area contributed by atoms with Crippen molar-refractivity contribution in [1.29, 1.82) is 0 Å². The summed E-state index contributed by atoms with van der Waals surface area (Å²) >= 11 is 1.25. The lowest BCUT2D eigenvalue weighted by Crippen LogP contribution is -1.95. The van der Waals surface area contributed by atoms with Crippen LogP contribution in [0, 0.1) is 17.0 Å². The lowest BCUT2D eigenvalue weighted by Gasteiger charge is -2.06. The molecular formula is C14H11NO4S. The predicted octanol–water partition coefficient (Wildman–Crippen LogP) is 3.75. The Labute approximate surface area is 119 Å². The van der Waals surface area contributed by atoms with Gasteiger partial charge in [0.25, 0.3) is 5.69 Å². The summed E-state index contributed by atoms with van der Waals surface area (Å²) in [7, 11) is 0. The zero-order valence-electron chi connectivity index (χ0n) is 10.6. The van der Waals surface area contributed by atoms with Gasteiger partial charge in [0.1, 0.15) is 0 Å². The van der Waals surface area contributed by atoms with Crippen molar-refractivity contribution in [3.8, 4) is 0 Å². The third-order valence-corrected chi connectivity index (χ3v) is 3.95. The van der Waals surface area contributed by atoms with Gasteiger partial charge in [-0.25, -0.2) is 4.79 Å². The Balaban J connectivity index is 2.34. The molecule has 1 N–H and O–H groups in total. The van der Waals surface area contributed by atoms with Crippen molar-refractivity contribution in [1.82, 2.24) is 0 Å². The number of rotatable bonds is 4. The van der Waals surface area contributed by atoms with Gasteiger partial charge in [-0.2, -0.15) is 0 Å². The van der Waals surface area contributed by atoms with Crippen molar-refractivity contribution in [2.24, 2.45) is 0 Å². The van der Waals surface area contributed by atoms with Crippen molar-refractivity contribution in [3.05, 3.63) is 63.7 Å². The molecule has 0 aromatic heterocycles. The van der Waals surface area contributed by atoms with Gasteiger partial charge in [0, 0.05) is 11.0 Å². The van der Waals surface area contributed by atoms with E-state index in [9.17, 15) is 14.9 Å². The molecule has 0 radical (unpaired) electrons. The maximum absolute atomic E-state index is 11.0. The fraction of sp³-hybridized carbons (Fsp3) is 0.0714. The van der Waals surface area contributed by atoms with Crippen LogP contribution in [0.2, 0.25) is 0 Å². The van der Waals surface area contributed by atoms with Crippen molar-refractivity contribution >= 4 is 23.4 Å². The molecule has 2 aromatic carbocycles. The molecule has 0 saturated heterocycles. The maximum Gasteiger partial charge on any atom is 0.335 e. The van der Waals surface area contributed by atoms with Crippen LogP contribution in [0.5, 0.6) is 0 Å². The maximum atomic E-state index is 11.0. The largest absolute Gasteiger partial charge is 0.478 e. The van der Waals surface area contributed by atoms with Crippen molar-refractivity contribution in [2.75, 3.05) is 0 Å². The first-order valence-corrected chi connectivity index (χ1v) is 6.56. The summed E-state index contributed by atoms with van der Waals surface area (Å²) in [5.74, 6) is -0.997. The van der Waals surface area contributed by atoms with Crippen LogP contribution >= 0.6 is 11.8 Å². The molecule has 0 heterocycles. The molecule has 0 fully saturated rings. The first kappa shape index (κ1) is 14.1. The molecule has 5 nitrogen and oxygen atoms in total. The number of carbonyl (C=O) groups is 1. The molecular weight excluding hydrogens is 278 g/mol. The van der Waals surface area contributed by atoms with Crippen LogP contribution in [0.4, 0.5) is 5.69 Å². The standard InChI is InChI=1S/C14H11NO4S/c1-9-3-2-4-12(15(18)19)13(9)20-11-7-5-10(6-8-11)14(16)17/h2-8H,1H3,(H,16,17). The number of nitro groups is 1. The predicted molar refractivity (Wildman–Crippen MR) is 75.4 cm³/mol. The highest BCUT2D eigenvalue weighted by Gasteiger charge is 2.16. The molecule has 102 valence electrons. The molecule has 2 aromatic rings. The number of hydrogen-bond donors (Lipinski definition) is 1. The van der Waals surface area contributed by atoms with Gasteiger partial charge in [-0.05, 0) is 36.8 Å². The molecule has 0 amide bonds. The van der Waals surface area contributed by atoms with Gasteiger partial charge < -0.3 is 5.11 Å². The van der Waals surface area contributed by atoms with Gasteiger partial charge in [-0.1, -0.05) is 23.9 Å². The summed E-state index contributed by atoms with van der Waals surface area (Å²) in [5, 5.41) is 19.9. The van der Waals surface area contributed by atoms with Crippen LogP contribution in [0.1, 0.15) is 15.9 Å². The third-order valence-electron chi connectivity index (χ3n) is 2.71. The zero-order chi connectivity index (χ0) is 14.7. The van der Waals surface area contributed by atoms with Gasteiger partial charge in [0.2, 0.25) is 0 Å². The van der Waals surface area contributed by atoms with E-state index < -0.39 is 10.9 Å². The highest BCUT2D eigenvalue weighted by molar-refractivity contribution is 7.99. The van der Waals surface area contributed by atoms with Crippen LogP contribution in [0.3, 0.4) is 0 Å². The second-order valence-electron chi connectivity index (χ2n) is 4.11. The SMILES string of the molecule is Cc1cccc([N+](=O)[O-])c1Sc1ccc(C(=O)O)cc1. The second kappa shape index (κ2) is 5.75. The minimum absolute atomic E-state index is 0.0531. The first-order valence-electron chi connectivity index (χ1n) is 5.74. The molecule has 0 spiro atoms. The van der Waals surface area contributed by atoms with E-state index in [-0.39, 0.29) is 11.3 Å². The number of carboxylic acids is 1. The van der Waals surface area contributed by atoms with E-state index in [1.807, 2.05) is 0 Å². The molecule has 0 aliphatic rings. The average molecular weight is 289 g/mol. The fourth-order valence-corrected chi connectivity index (χ4v) is 2.68. The quantitative estimate of drug-likeness (QED) is 0.684. The minimum Gasteiger partial charge on any atom is -0.478 e. The van der Waals surface area contributed by atoms with Gasteiger partial charge >= 0.3 is 5.97 Å². The van der Waals surface area contributed by atoms with E-state index in [4.69, 9.17) is 5.11 Å². The summed E-state index contributed by atoms with van der Waals surface area (Å²) in [5.41, 5.74) is 1.05. The normalized spacial score (nSPS) is 10.2. The van der Waals surface area contributed by atoms with Gasteiger partial charge in [-0.15, -0.1) is 0 Å². The molecule has 0 saturated carbocycles. The van der Waals surface area contributed by atoms with Crippen molar-refractivity contribution < 1.29 is 14.8 Å². The molecule has 0 aliphatic carbocycles. The molecule has 6 heteroatoms. The Bertz CT molecular complexity index is 667. The van der Waals surface area contributed by atoms with Crippen molar-refractivity contribution in [3.63, 3.8) is 0 Å². The number of benzene rings is 2. The number of nitro benzene ring substituents is 1. The zero-order valence-corrected chi connectivity index (χ0v) is 11.4. The summed E-state index contributed by atoms with van der Waals surface area (Å²) in [6, 6.07) is 11.2. The molecule has 2 rings (SSSR count). The fourth-order valence-electron chi connectivity index (χ4n) is 1.70. The second-order valence-corrected chi connectivity index (χ2v) is 5.20. The lowest BCUT2D eigenvalue weighted by molar-refractivity contribution is -0.387. The molecule has 0 aliphatic heterocycles. The highest BCUT2D eigenvalue weighted by atomic mass is 32.2. The number of hydrogen-bond acceptors (Lipinski definition) is 4. The number of aromatic carboxylic acids is 1. The van der Waals surface area contributed by atoms with Crippen LogP contribution in [-0.4, -0.2) is 16.0 Å². The van der Waals surface area contributed by atoms with E-state index in [1.54, 1.807) is 31.2 Å². The molecule has 0 bridgehead atoms. The Morgan fingerprint density at radius 3 is 2.40 bits per heavy atom. The van der Waals surface area contributed by atoms with Crippen LogP contribution in [-0.2, 0) is 0 Å². The van der Waals surface area contributed by atoms with Gasteiger partial charge in [0.15, 0.2) is 0 Å². The first-order chi connectivity index (χ1) is 9.49. The van der Waals surface area contributed by atoms with Crippen LogP contribution in [0.15, 0.2) is 52.3 Å². The minimum atomic E-state index is -0.997. The summed E-state index contributed by atoms with van der Waals surface area (Å²) < 4.78 is 0. The topological polar surface area (TPSA) is 80.4 Å². The lowest BCUT2D eigenvalue weighted by atomic mass is 10.2. The van der Waals surface area contributed by atoms with Crippen LogP contribution in [0.25, 0.3) is 0 Å². The average Bonchev–Trinajstić information content (AvgIpc) is 2.41. The Morgan fingerprint density at radius 2 is 1.85 bits per heavy atom. The van der Waals surface area contributed by atoms with Gasteiger partial charge in [-0.3, -0.25) is 10.1 Å². The molecule has 0 unspecified atom stereocenters. The molecule has 0 atom stereocenters. The van der Waals surface area contributed by atoms with E-state index in [2.05, 4.69) is 0 Å². The Hall–Kier alpha value is -2.34. The van der Waals surface area contributed by atoms with E-state index in [0.29, 0.717) is 4.90 Å². The van der Waals surface area contributed by atoms with E-state index >= 15 is 0 Å². The van der Waals surface area contributed by atoms with Crippen LogP contribution < -0.4 is 0 Å². The molecule has 20 heavy (non-hydrogen) atoms. The van der Waals surface area contributed by atoms with E-state index in [1.165, 1.54) is 30.0 Å². The monoisotopic (exact) mass is 289 g/mol. The number of carboxylic acid groups (broad SMARTS) is 1. The smallest absolute Gasteiger partial charge is 0.335 e. The number of nitrogens with zero attached hydrogens (tertiary/aromatic N) is 1. The van der Waals surface area contributed by atoms with E-state index in [0.717, 1.165) is 10.5 Å². The number of aryl methyl sites for hydroxylation is 1. The third kappa shape index (κ3) is 2.97. The summed E-state index contributed by atoms with van der Waals surface area (Å²) in [6.07, 6.45) is 0. The van der Waals surface area contributed by atoms with Gasteiger partial charge in [0.05, 0.1) is 15.4 Å². The Kier molecular flexibility index (Phi) is 4.05. The summed E-state index contributed by atoms with van der Waals surface area (Å²) in [6.45, 7) is 1.81. The van der Waals surface area contributed by atoms with Crippen molar-refractivity contribution in [2.45, 2.75) is 16.7 Å².